The molecule has 2 rings (SSSR count). The Kier molecular flexibility index (Phi) is 4.93. The van der Waals surface area contributed by atoms with Crippen molar-refractivity contribution < 1.29 is 0 Å². The summed E-state index contributed by atoms with van der Waals surface area (Å²) in [5.41, 5.74) is 7.97. The predicted octanol–water partition coefficient (Wildman–Crippen LogP) is 2.98. The molecular formula is C15H18BrN3. The molecule has 19 heavy (non-hydrogen) atoms. The van der Waals surface area contributed by atoms with E-state index in [1.807, 2.05) is 31.4 Å². The van der Waals surface area contributed by atoms with Crippen LogP contribution >= 0.6 is 15.9 Å². The van der Waals surface area contributed by atoms with Gasteiger partial charge in [-0.3, -0.25) is 0 Å². The first-order valence-corrected chi connectivity index (χ1v) is 7.09. The molecule has 1 aromatic heterocycles. The van der Waals surface area contributed by atoms with Crippen LogP contribution in [0.1, 0.15) is 11.1 Å². The van der Waals surface area contributed by atoms with Gasteiger partial charge >= 0.3 is 0 Å². The minimum atomic E-state index is 0.662. The van der Waals surface area contributed by atoms with Crippen molar-refractivity contribution in [2.75, 3.05) is 18.5 Å². The molecule has 0 atom stereocenters. The van der Waals surface area contributed by atoms with E-state index in [2.05, 4.69) is 44.0 Å². The zero-order valence-corrected chi connectivity index (χ0v) is 12.6. The number of hydrogen-bond donors (Lipinski definition) is 1. The van der Waals surface area contributed by atoms with Crippen molar-refractivity contribution in [3.05, 3.63) is 58.2 Å². The summed E-state index contributed by atoms with van der Waals surface area (Å²) in [7, 11) is 2.05. The third-order valence-corrected chi connectivity index (χ3v) is 3.44. The molecule has 0 bridgehead atoms. The van der Waals surface area contributed by atoms with Crippen LogP contribution < -0.4 is 10.6 Å². The van der Waals surface area contributed by atoms with Gasteiger partial charge in [0.1, 0.15) is 5.82 Å². The highest BCUT2D eigenvalue weighted by atomic mass is 79.9. The molecular weight excluding hydrogens is 302 g/mol. The third kappa shape index (κ3) is 4.04. The number of aromatic nitrogens is 1. The Morgan fingerprint density at radius 2 is 2.05 bits per heavy atom. The van der Waals surface area contributed by atoms with Crippen LogP contribution in [0.5, 0.6) is 0 Å². The van der Waals surface area contributed by atoms with Crippen LogP contribution in [0.4, 0.5) is 5.82 Å². The van der Waals surface area contributed by atoms with Gasteiger partial charge in [0, 0.05) is 24.3 Å². The van der Waals surface area contributed by atoms with Crippen LogP contribution in [0, 0.1) is 0 Å². The summed E-state index contributed by atoms with van der Waals surface area (Å²) in [6.45, 7) is 1.50. The maximum absolute atomic E-state index is 5.53. The summed E-state index contributed by atoms with van der Waals surface area (Å²) in [4.78, 5) is 6.61. The Bertz CT molecular complexity index is 525. The fraction of sp³-hybridized carbons (Fsp3) is 0.267. The summed E-state index contributed by atoms with van der Waals surface area (Å²) < 4.78 is 1.10. The number of rotatable bonds is 5. The number of anilines is 1. The Hall–Kier alpha value is -1.39. The average molecular weight is 320 g/mol. The molecule has 0 saturated carbocycles. The second-order valence-corrected chi connectivity index (χ2v) is 5.46. The van der Waals surface area contributed by atoms with Crippen LogP contribution in [0.25, 0.3) is 0 Å². The molecule has 1 aromatic carbocycles. The molecule has 0 unspecified atom stereocenters. The zero-order chi connectivity index (χ0) is 13.7. The summed E-state index contributed by atoms with van der Waals surface area (Å²) in [6, 6.07) is 12.5. The van der Waals surface area contributed by atoms with Gasteiger partial charge in [0.25, 0.3) is 0 Å². The molecule has 0 fully saturated rings. The summed E-state index contributed by atoms with van der Waals surface area (Å²) in [5.74, 6) is 0.973. The van der Waals surface area contributed by atoms with Gasteiger partial charge in [0.2, 0.25) is 0 Å². The van der Waals surface area contributed by atoms with E-state index in [1.54, 1.807) is 0 Å². The molecule has 0 aliphatic heterocycles. The van der Waals surface area contributed by atoms with Crippen molar-refractivity contribution in [1.82, 2.24) is 4.98 Å². The molecule has 0 spiro atoms. The smallest absolute Gasteiger partial charge is 0.128 e. The van der Waals surface area contributed by atoms with Crippen molar-refractivity contribution in [3.63, 3.8) is 0 Å². The van der Waals surface area contributed by atoms with E-state index >= 15 is 0 Å². The van der Waals surface area contributed by atoms with E-state index in [-0.39, 0.29) is 0 Å². The van der Waals surface area contributed by atoms with Gasteiger partial charge in [-0.15, -0.1) is 0 Å². The van der Waals surface area contributed by atoms with Crippen molar-refractivity contribution >= 4 is 21.7 Å². The predicted molar refractivity (Wildman–Crippen MR) is 83.2 cm³/mol. The summed E-state index contributed by atoms with van der Waals surface area (Å²) >= 11 is 3.49. The average Bonchev–Trinajstić information content (AvgIpc) is 2.40. The van der Waals surface area contributed by atoms with Crippen molar-refractivity contribution in [1.29, 1.82) is 0 Å². The lowest BCUT2D eigenvalue weighted by Crippen LogP contribution is -2.17. The van der Waals surface area contributed by atoms with E-state index in [0.29, 0.717) is 6.54 Å². The molecule has 0 aliphatic carbocycles. The molecule has 1 heterocycles. The van der Waals surface area contributed by atoms with Gasteiger partial charge < -0.3 is 10.6 Å². The first-order chi connectivity index (χ1) is 9.19. The standard InChI is InChI=1S/C15H18BrN3/c1-19(11-13-3-2-4-14(16)9-13)15-6-5-12(7-8-17)10-18-15/h2-6,9-10H,7-8,11,17H2,1H3. The third-order valence-electron chi connectivity index (χ3n) is 2.94. The summed E-state index contributed by atoms with van der Waals surface area (Å²) in [6.07, 6.45) is 2.78. The lowest BCUT2D eigenvalue weighted by Gasteiger charge is -2.18. The van der Waals surface area contributed by atoms with Crippen LogP contribution in [0.2, 0.25) is 0 Å². The number of nitrogens with zero attached hydrogens (tertiary/aromatic N) is 2. The fourth-order valence-electron chi connectivity index (χ4n) is 1.95. The Morgan fingerprint density at radius 3 is 2.68 bits per heavy atom. The molecule has 3 nitrogen and oxygen atoms in total. The van der Waals surface area contributed by atoms with E-state index in [9.17, 15) is 0 Å². The number of hydrogen-bond acceptors (Lipinski definition) is 3. The first-order valence-electron chi connectivity index (χ1n) is 6.29. The van der Waals surface area contributed by atoms with Gasteiger partial charge in [-0.05, 0) is 42.3 Å². The van der Waals surface area contributed by atoms with E-state index in [4.69, 9.17) is 5.73 Å². The van der Waals surface area contributed by atoms with Crippen molar-refractivity contribution in [2.45, 2.75) is 13.0 Å². The molecule has 0 saturated heterocycles. The Balaban J connectivity index is 2.05. The molecule has 0 aliphatic rings. The number of pyridine rings is 1. The maximum Gasteiger partial charge on any atom is 0.128 e. The molecule has 2 N–H and O–H groups in total. The van der Waals surface area contributed by atoms with Crippen LogP contribution in [0.3, 0.4) is 0 Å². The number of halogens is 1. The van der Waals surface area contributed by atoms with Gasteiger partial charge in [0.15, 0.2) is 0 Å². The van der Waals surface area contributed by atoms with Crippen LogP contribution in [0.15, 0.2) is 47.1 Å². The maximum atomic E-state index is 5.53. The minimum Gasteiger partial charge on any atom is -0.355 e. The van der Waals surface area contributed by atoms with Gasteiger partial charge in [-0.1, -0.05) is 34.1 Å². The molecule has 2 aromatic rings. The molecule has 0 amide bonds. The monoisotopic (exact) mass is 319 g/mol. The highest BCUT2D eigenvalue weighted by molar-refractivity contribution is 9.10. The highest BCUT2D eigenvalue weighted by Gasteiger charge is 2.04. The van der Waals surface area contributed by atoms with Crippen molar-refractivity contribution in [3.8, 4) is 0 Å². The Labute approximate surface area is 122 Å². The molecule has 100 valence electrons. The lowest BCUT2D eigenvalue weighted by molar-refractivity contribution is 0.889. The van der Waals surface area contributed by atoms with Gasteiger partial charge in [-0.25, -0.2) is 4.98 Å². The largest absolute Gasteiger partial charge is 0.355 e. The zero-order valence-electron chi connectivity index (χ0n) is 11.0. The highest BCUT2D eigenvalue weighted by Crippen LogP contribution is 2.16. The number of benzene rings is 1. The minimum absolute atomic E-state index is 0.662. The first kappa shape index (κ1) is 14.0. The number of nitrogens with two attached hydrogens (primary N) is 1. The summed E-state index contributed by atoms with van der Waals surface area (Å²) in [5, 5.41) is 0. The van der Waals surface area contributed by atoms with Crippen molar-refractivity contribution in [2.24, 2.45) is 5.73 Å². The van der Waals surface area contributed by atoms with E-state index in [0.717, 1.165) is 23.3 Å². The van der Waals surface area contributed by atoms with E-state index < -0.39 is 0 Å². The molecule has 0 radical (unpaired) electrons. The van der Waals surface area contributed by atoms with E-state index in [1.165, 1.54) is 11.1 Å². The quantitative estimate of drug-likeness (QED) is 0.921. The van der Waals surface area contributed by atoms with Gasteiger partial charge in [-0.2, -0.15) is 0 Å². The fourth-order valence-corrected chi connectivity index (χ4v) is 2.39. The van der Waals surface area contributed by atoms with Gasteiger partial charge in [0.05, 0.1) is 0 Å². The second kappa shape index (κ2) is 6.68. The Morgan fingerprint density at radius 1 is 1.21 bits per heavy atom. The topological polar surface area (TPSA) is 42.1 Å². The second-order valence-electron chi connectivity index (χ2n) is 4.55. The lowest BCUT2D eigenvalue weighted by atomic mass is 10.2. The van der Waals surface area contributed by atoms with Crippen LogP contribution in [-0.4, -0.2) is 18.6 Å². The SMILES string of the molecule is CN(Cc1cccc(Br)c1)c1ccc(CCN)cn1. The normalized spacial score (nSPS) is 10.5. The van der Waals surface area contributed by atoms with Crippen LogP contribution in [-0.2, 0) is 13.0 Å². The molecule has 4 heteroatoms.